The quantitative estimate of drug-likeness (QED) is 0.568. The van der Waals surface area contributed by atoms with Gasteiger partial charge in [0.1, 0.15) is 11.5 Å². The van der Waals surface area contributed by atoms with Crippen molar-refractivity contribution in [1.29, 1.82) is 0 Å². The zero-order valence-corrected chi connectivity index (χ0v) is 16.9. The number of benzene rings is 2. The van der Waals surface area contributed by atoms with Gasteiger partial charge in [0.2, 0.25) is 15.9 Å². The van der Waals surface area contributed by atoms with Gasteiger partial charge in [-0.1, -0.05) is 41.9 Å². The lowest BCUT2D eigenvalue weighted by atomic mass is 10.2. The molecule has 0 spiro atoms. The van der Waals surface area contributed by atoms with Crippen LogP contribution >= 0.6 is 11.6 Å². The van der Waals surface area contributed by atoms with Crippen molar-refractivity contribution in [3.63, 3.8) is 0 Å². The van der Waals surface area contributed by atoms with E-state index in [0.29, 0.717) is 16.5 Å². The van der Waals surface area contributed by atoms with Crippen LogP contribution in [0.5, 0.6) is 0 Å². The molecule has 0 atom stereocenters. The highest BCUT2D eigenvalue weighted by Gasteiger charge is 2.10. The second-order valence-electron chi connectivity index (χ2n) is 6.13. The Labute approximate surface area is 174 Å². The summed E-state index contributed by atoms with van der Waals surface area (Å²) in [6, 6.07) is 19.7. The molecule has 1 heterocycles. The Hall–Kier alpha value is -2.87. The van der Waals surface area contributed by atoms with Crippen molar-refractivity contribution in [2.75, 3.05) is 6.54 Å². The first-order valence-corrected chi connectivity index (χ1v) is 10.7. The van der Waals surface area contributed by atoms with E-state index in [9.17, 15) is 13.2 Å². The van der Waals surface area contributed by atoms with E-state index in [1.165, 1.54) is 6.08 Å². The van der Waals surface area contributed by atoms with Crippen LogP contribution in [-0.4, -0.2) is 20.9 Å². The standard InChI is InChI=1S/C21H19ClN2O4S/c22-18-8-6-17(7-9-18)20-11-10-19(28-20)14-23-21(25)15-24-29(26,27)13-12-16-4-2-1-3-5-16/h1-13,24H,14-15H2,(H,23,25)/b13-12+. The van der Waals surface area contributed by atoms with E-state index in [1.54, 1.807) is 48.5 Å². The van der Waals surface area contributed by atoms with E-state index in [0.717, 1.165) is 16.5 Å². The summed E-state index contributed by atoms with van der Waals surface area (Å²) in [4.78, 5) is 11.9. The van der Waals surface area contributed by atoms with Gasteiger partial charge in [0.15, 0.2) is 0 Å². The average molecular weight is 431 g/mol. The molecule has 2 aromatic carbocycles. The number of hydrogen-bond donors (Lipinski definition) is 2. The number of halogens is 1. The number of amides is 1. The van der Waals surface area contributed by atoms with Crippen LogP contribution in [-0.2, 0) is 21.4 Å². The van der Waals surface area contributed by atoms with Gasteiger partial charge in [-0.05, 0) is 48.0 Å². The third kappa shape index (κ3) is 6.60. The minimum absolute atomic E-state index is 0.147. The van der Waals surface area contributed by atoms with Crippen molar-refractivity contribution in [2.24, 2.45) is 0 Å². The average Bonchev–Trinajstić information content (AvgIpc) is 3.20. The first kappa shape index (κ1) is 20.9. The summed E-state index contributed by atoms with van der Waals surface area (Å²) in [7, 11) is -3.72. The number of nitrogens with one attached hydrogen (secondary N) is 2. The number of rotatable bonds is 8. The highest BCUT2D eigenvalue weighted by molar-refractivity contribution is 7.92. The molecule has 0 saturated carbocycles. The van der Waals surface area contributed by atoms with Crippen LogP contribution < -0.4 is 10.0 Å². The van der Waals surface area contributed by atoms with Crippen molar-refractivity contribution in [3.8, 4) is 11.3 Å². The van der Waals surface area contributed by atoms with Gasteiger partial charge in [0, 0.05) is 16.0 Å². The van der Waals surface area contributed by atoms with Gasteiger partial charge in [-0.15, -0.1) is 0 Å². The number of carbonyl (C=O) groups excluding carboxylic acids is 1. The molecule has 0 aliphatic carbocycles. The van der Waals surface area contributed by atoms with E-state index in [2.05, 4.69) is 10.0 Å². The summed E-state index contributed by atoms with van der Waals surface area (Å²) >= 11 is 5.87. The van der Waals surface area contributed by atoms with Gasteiger partial charge >= 0.3 is 0 Å². The van der Waals surface area contributed by atoms with Gasteiger partial charge in [-0.3, -0.25) is 4.79 Å². The molecule has 3 aromatic rings. The predicted molar refractivity (Wildman–Crippen MR) is 113 cm³/mol. The smallest absolute Gasteiger partial charge is 0.235 e. The molecule has 0 radical (unpaired) electrons. The Bertz CT molecular complexity index is 1090. The number of carbonyl (C=O) groups is 1. The molecular weight excluding hydrogens is 412 g/mol. The normalized spacial score (nSPS) is 11.6. The fourth-order valence-electron chi connectivity index (χ4n) is 2.44. The topological polar surface area (TPSA) is 88.4 Å². The SMILES string of the molecule is O=C(CNS(=O)(=O)/C=C/c1ccccc1)NCc1ccc(-c2ccc(Cl)cc2)o1. The number of hydrogen-bond acceptors (Lipinski definition) is 4. The van der Waals surface area contributed by atoms with Crippen LogP contribution in [0.4, 0.5) is 0 Å². The Balaban J connectivity index is 1.47. The van der Waals surface area contributed by atoms with Crippen LogP contribution in [0.1, 0.15) is 11.3 Å². The molecule has 29 heavy (non-hydrogen) atoms. The van der Waals surface area contributed by atoms with Gasteiger partial charge in [0.05, 0.1) is 13.1 Å². The minimum Gasteiger partial charge on any atom is -0.459 e. The van der Waals surface area contributed by atoms with Crippen molar-refractivity contribution < 1.29 is 17.6 Å². The van der Waals surface area contributed by atoms with E-state index < -0.39 is 15.9 Å². The summed E-state index contributed by atoms with van der Waals surface area (Å²) in [5, 5.41) is 4.28. The summed E-state index contributed by atoms with van der Waals surface area (Å²) in [5.74, 6) is 0.735. The zero-order valence-electron chi connectivity index (χ0n) is 15.3. The Morgan fingerprint density at radius 2 is 1.72 bits per heavy atom. The second-order valence-corrected chi connectivity index (χ2v) is 8.22. The molecule has 0 unspecified atom stereocenters. The first-order chi connectivity index (χ1) is 13.9. The maximum Gasteiger partial charge on any atom is 0.235 e. The summed E-state index contributed by atoms with van der Waals surface area (Å²) in [6.45, 7) is -0.222. The molecule has 0 fully saturated rings. The summed E-state index contributed by atoms with van der Waals surface area (Å²) in [5.41, 5.74) is 1.61. The molecular formula is C21H19ClN2O4S. The van der Waals surface area contributed by atoms with Crippen LogP contribution in [0, 0.1) is 0 Å². The van der Waals surface area contributed by atoms with Crippen molar-refractivity contribution in [2.45, 2.75) is 6.54 Å². The van der Waals surface area contributed by atoms with Crippen LogP contribution in [0.2, 0.25) is 5.02 Å². The fourth-order valence-corrected chi connectivity index (χ4v) is 3.33. The third-order valence-corrected chi connectivity index (χ3v) is 5.22. The van der Waals surface area contributed by atoms with Crippen LogP contribution in [0.15, 0.2) is 76.6 Å². The van der Waals surface area contributed by atoms with E-state index >= 15 is 0 Å². The van der Waals surface area contributed by atoms with Gasteiger partial charge < -0.3 is 9.73 Å². The van der Waals surface area contributed by atoms with Gasteiger partial charge in [-0.25, -0.2) is 13.1 Å². The summed E-state index contributed by atoms with van der Waals surface area (Å²) in [6.07, 6.45) is 1.46. The molecule has 8 heteroatoms. The maximum atomic E-state index is 12.0. The van der Waals surface area contributed by atoms with Crippen molar-refractivity contribution in [1.82, 2.24) is 10.0 Å². The zero-order chi connectivity index (χ0) is 20.7. The number of furan rings is 1. The Kier molecular flexibility index (Phi) is 6.87. The molecule has 1 aromatic heterocycles. The molecule has 2 N–H and O–H groups in total. The Morgan fingerprint density at radius 3 is 2.45 bits per heavy atom. The predicted octanol–water partition coefficient (Wildman–Crippen LogP) is 3.81. The lowest BCUT2D eigenvalue weighted by molar-refractivity contribution is -0.120. The highest BCUT2D eigenvalue weighted by Crippen LogP contribution is 2.23. The van der Waals surface area contributed by atoms with Crippen molar-refractivity contribution in [3.05, 3.63) is 88.5 Å². The molecule has 0 bridgehead atoms. The fraction of sp³-hybridized carbons (Fsp3) is 0.0952. The van der Waals surface area contributed by atoms with Gasteiger partial charge in [0.25, 0.3) is 0 Å². The first-order valence-electron chi connectivity index (χ1n) is 8.75. The lowest BCUT2D eigenvalue weighted by Crippen LogP contribution is -2.35. The maximum absolute atomic E-state index is 12.0. The molecule has 3 rings (SSSR count). The van der Waals surface area contributed by atoms with Crippen LogP contribution in [0.25, 0.3) is 17.4 Å². The second kappa shape index (κ2) is 9.56. The monoisotopic (exact) mass is 430 g/mol. The van der Waals surface area contributed by atoms with E-state index in [-0.39, 0.29) is 13.1 Å². The Morgan fingerprint density at radius 1 is 1.00 bits per heavy atom. The molecule has 0 aliphatic rings. The molecule has 0 aliphatic heterocycles. The molecule has 1 amide bonds. The summed E-state index contributed by atoms with van der Waals surface area (Å²) < 4.78 is 31.8. The third-order valence-electron chi connectivity index (χ3n) is 3.92. The number of sulfonamides is 1. The molecule has 0 saturated heterocycles. The highest BCUT2D eigenvalue weighted by atomic mass is 35.5. The van der Waals surface area contributed by atoms with Gasteiger partial charge in [-0.2, -0.15) is 0 Å². The van der Waals surface area contributed by atoms with Crippen molar-refractivity contribution >= 4 is 33.6 Å². The minimum atomic E-state index is -3.72. The molecule has 150 valence electrons. The van der Waals surface area contributed by atoms with E-state index in [1.807, 2.05) is 18.2 Å². The lowest BCUT2D eigenvalue weighted by Gasteiger charge is -2.04. The largest absolute Gasteiger partial charge is 0.459 e. The van der Waals surface area contributed by atoms with E-state index in [4.69, 9.17) is 16.0 Å². The van der Waals surface area contributed by atoms with Crippen LogP contribution in [0.3, 0.4) is 0 Å². The molecule has 6 nitrogen and oxygen atoms in total.